The van der Waals surface area contributed by atoms with Gasteiger partial charge in [0.1, 0.15) is 0 Å². The molecule has 0 amide bonds. The van der Waals surface area contributed by atoms with Crippen LogP contribution in [0.15, 0.2) is 36.5 Å². The fourth-order valence-corrected chi connectivity index (χ4v) is 2.09. The highest BCUT2D eigenvalue weighted by atomic mass is 35.5. The first-order valence-corrected chi connectivity index (χ1v) is 6.88. The van der Waals surface area contributed by atoms with Crippen molar-refractivity contribution in [2.75, 3.05) is 0 Å². The molecule has 0 saturated heterocycles. The van der Waals surface area contributed by atoms with Crippen LogP contribution in [0, 0.1) is 5.41 Å². The summed E-state index contributed by atoms with van der Waals surface area (Å²) in [6.45, 7) is 6.55. The van der Waals surface area contributed by atoms with Crippen LogP contribution in [0.3, 0.4) is 0 Å². The van der Waals surface area contributed by atoms with Gasteiger partial charge in [0.15, 0.2) is 0 Å². The molecule has 1 unspecified atom stereocenters. The Labute approximate surface area is 114 Å². The lowest BCUT2D eigenvalue weighted by Gasteiger charge is -2.25. The van der Waals surface area contributed by atoms with Gasteiger partial charge in [0.05, 0.1) is 5.52 Å². The summed E-state index contributed by atoms with van der Waals surface area (Å²) in [5, 5.41) is 1.40. The van der Waals surface area contributed by atoms with E-state index in [2.05, 4.69) is 37.9 Å². The summed E-state index contributed by atoms with van der Waals surface area (Å²) in [6.07, 6.45) is 3.95. The van der Waals surface area contributed by atoms with Gasteiger partial charge in [0.2, 0.25) is 0 Å². The lowest BCUT2D eigenvalue weighted by atomic mass is 9.88. The van der Waals surface area contributed by atoms with Crippen molar-refractivity contribution in [3.63, 3.8) is 0 Å². The minimum Gasteiger partial charge on any atom is -0.256 e. The Bertz CT molecular complexity index is 528. The van der Waals surface area contributed by atoms with E-state index in [-0.39, 0.29) is 10.8 Å². The van der Waals surface area contributed by atoms with Crippen molar-refractivity contribution in [2.24, 2.45) is 5.41 Å². The number of para-hydroxylation sites is 1. The van der Waals surface area contributed by atoms with Crippen molar-refractivity contribution in [1.29, 1.82) is 0 Å². The van der Waals surface area contributed by atoms with E-state index >= 15 is 0 Å². The Morgan fingerprint density at radius 2 is 1.94 bits per heavy atom. The van der Waals surface area contributed by atoms with Gasteiger partial charge in [-0.25, -0.2) is 0 Å². The lowest BCUT2D eigenvalue weighted by Crippen LogP contribution is -2.21. The highest BCUT2D eigenvalue weighted by Gasteiger charge is 2.21. The van der Waals surface area contributed by atoms with E-state index in [1.165, 1.54) is 10.9 Å². The number of fused-ring (bicyclic) bond motifs is 1. The summed E-state index contributed by atoms with van der Waals surface area (Å²) in [4.78, 5) is 4.48. The molecule has 2 heteroatoms. The van der Waals surface area contributed by atoms with Gasteiger partial charge < -0.3 is 0 Å². The van der Waals surface area contributed by atoms with Crippen molar-refractivity contribution in [3.05, 3.63) is 42.1 Å². The Kier molecular flexibility index (Phi) is 3.91. The summed E-state index contributed by atoms with van der Waals surface area (Å²) in [7, 11) is 0. The minimum absolute atomic E-state index is 0.159. The molecule has 18 heavy (non-hydrogen) atoms. The highest BCUT2D eigenvalue weighted by molar-refractivity contribution is 6.21. The molecule has 2 aromatic rings. The van der Waals surface area contributed by atoms with E-state index in [1.54, 1.807) is 0 Å². The van der Waals surface area contributed by atoms with Crippen LogP contribution in [0.2, 0.25) is 0 Å². The standard InChI is InChI=1S/C16H20ClN/c1-16(2,3)15(17)9-8-12-10-13-6-4-5-7-14(13)18-11-12/h4-7,10-11,15H,8-9H2,1-3H3. The monoisotopic (exact) mass is 261 g/mol. The van der Waals surface area contributed by atoms with Crippen LogP contribution in [0.5, 0.6) is 0 Å². The second-order valence-electron chi connectivity index (χ2n) is 5.91. The molecular weight excluding hydrogens is 242 g/mol. The van der Waals surface area contributed by atoms with Crippen LogP contribution in [-0.4, -0.2) is 10.4 Å². The number of aryl methyl sites for hydroxylation is 1. The average molecular weight is 262 g/mol. The second kappa shape index (κ2) is 5.27. The van der Waals surface area contributed by atoms with Gasteiger partial charge in [0, 0.05) is 17.0 Å². The molecule has 1 aromatic carbocycles. The number of halogens is 1. The normalized spacial score (nSPS) is 13.8. The molecule has 1 aromatic heterocycles. The molecule has 0 fully saturated rings. The summed E-state index contributed by atoms with van der Waals surface area (Å²) < 4.78 is 0. The van der Waals surface area contributed by atoms with Crippen molar-refractivity contribution >= 4 is 22.5 Å². The number of hydrogen-bond acceptors (Lipinski definition) is 1. The smallest absolute Gasteiger partial charge is 0.0702 e. The highest BCUT2D eigenvalue weighted by Crippen LogP contribution is 2.28. The van der Waals surface area contributed by atoms with E-state index in [0.29, 0.717) is 0 Å². The maximum absolute atomic E-state index is 6.40. The summed E-state index contributed by atoms with van der Waals surface area (Å²) >= 11 is 6.40. The lowest BCUT2D eigenvalue weighted by molar-refractivity contribution is 0.374. The first-order chi connectivity index (χ1) is 8.47. The SMILES string of the molecule is CC(C)(C)C(Cl)CCc1cnc2ccccc2c1. The number of hydrogen-bond donors (Lipinski definition) is 0. The molecule has 0 saturated carbocycles. The van der Waals surface area contributed by atoms with Gasteiger partial charge in [-0.05, 0) is 36.0 Å². The molecule has 0 bridgehead atoms. The molecule has 0 aliphatic carbocycles. The van der Waals surface area contributed by atoms with Crippen molar-refractivity contribution in [1.82, 2.24) is 4.98 Å². The van der Waals surface area contributed by atoms with Gasteiger partial charge in [-0.3, -0.25) is 4.98 Å². The third kappa shape index (κ3) is 3.23. The van der Waals surface area contributed by atoms with Gasteiger partial charge >= 0.3 is 0 Å². The van der Waals surface area contributed by atoms with Gasteiger partial charge in [-0.15, -0.1) is 11.6 Å². The third-order valence-electron chi connectivity index (χ3n) is 3.27. The maximum atomic E-state index is 6.40. The Hall–Kier alpha value is -1.08. The Morgan fingerprint density at radius 3 is 2.67 bits per heavy atom. The van der Waals surface area contributed by atoms with E-state index in [4.69, 9.17) is 11.6 Å². The van der Waals surface area contributed by atoms with Crippen LogP contribution in [0.1, 0.15) is 32.8 Å². The van der Waals surface area contributed by atoms with E-state index in [0.717, 1.165) is 18.4 Å². The predicted molar refractivity (Wildman–Crippen MR) is 79.2 cm³/mol. The molecule has 0 spiro atoms. The Balaban J connectivity index is 2.08. The van der Waals surface area contributed by atoms with Crippen LogP contribution in [0.25, 0.3) is 10.9 Å². The molecule has 1 nitrogen and oxygen atoms in total. The van der Waals surface area contributed by atoms with Gasteiger partial charge in [-0.2, -0.15) is 0 Å². The molecule has 96 valence electrons. The average Bonchev–Trinajstić information content (AvgIpc) is 2.34. The first-order valence-electron chi connectivity index (χ1n) is 6.44. The molecule has 2 rings (SSSR count). The van der Waals surface area contributed by atoms with Crippen LogP contribution >= 0.6 is 11.6 Å². The fourth-order valence-electron chi connectivity index (χ4n) is 1.98. The van der Waals surface area contributed by atoms with Gasteiger partial charge in [-0.1, -0.05) is 39.0 Å². The number of nitrogens with zero attached hydrogens (tertiary/aromatic N) is 1. The summed E-state index contributed by atoms with van der Waals surface area (Å²) in [6, 6.07) is 10.4. The van der Waals surface area contributed by atoms with Crippen LogP contribution < -0.4 is 0 Å². The second-order valence-corrected chi connectivity index (χ2v) is 6.44. The summed E-state index contributed by atoms with van der Waals surface area (Å²) in [5.41, 5.74) is 2.48. The van der Waals surface area contributed by atoms with Crippen molar-refractivity contribution in [2.45, 2.75) is 39.0 Å². The van der Waals surface area contributed by atoms with Gasteiger partial charge in [0.25, 0.3) is 0 Å². The number of aromatic nitrogens is 1. The largest absolute Gasteiger partial charge is 0.256 e. The number of alkyl halides is 1. The molecular formula is C16H20ClN. The van der Waals surface area contributed by atoms with Crippen LogP contribution in [-0.2, 0) is 6.42 Å². The fraction of sp³-hybridized carbons (Fsp3) is 0.438. The quantitative estimate of drug-likeness (QED) is 0.722. The minimum atomic E-state index is 0.159. The third-order valence-corrected chi connectivity index (χ3v) is 4.15. The zero-order valence-electron chi connectivity index (χ0n) is 11.3. The molecule has 0 N–H and O–H groups in total. The van der Waals surface area contributed by atoms with Crippen molar-refractivity contribution < 1.29 is 0 Å². The molecule has 1 atom stereocenters. The van der Waals surface area contributed by atoms with E-state index in [9.17, 15) is 0 Å². The van der Waals surface area contributed by atoms with E-state index < -0.39 is 0 Å². The van der Waals surface area contributed by atoms with E-state index in [1.807, 2.05) is 24.4 Å². The zero-order valence-corrected chi connectivity index (χ0v) is 12.0. The number of rotatable bonds is 3. The van der Waals surface area contributed by atoms with Crippen LogP contribution in [0.4, 0.5) is 0 Å². The maximum Gasteiger partial charge on any atom is 0.0702 e. The number of pyridine rings is 1. The zero-order chi connectivity index (χ0) is 13.2. The molecule has 0 aliphatic heterocycles. The number of benzene rings is 1. The molecule has 0 radical (unpaired) electrons. The predicted octanol–water partition coefficient (Wildman–Crippen LogP) is 4.82. The Morgan fingerprint density at radius 1 is 1.22 bits per heavy atom. The summed E-state index contributed by atoms with van der Waals surface area (Å²) in [5.74, 6) is 0. The molecule has 1 heterocycles. The topological polar surface area (TPSA) is 12.9 Å². The first kappa shape index (κ1) is 13.4. The van der Waals surface area contributed by atoms with Crippen molar-refractivity contribution in [3.8, 4) is 0 Å². The molecule has 0 aliphatic rings.